The molecule has 0 aromatic rings. The summed E-state index contributed by atoms with van der Waals surface area (Å²) in [5, 5.41) is 3.79. The largest absolute Gasteiger partial charge is 0.374 e. The van der Waals surface area contributed by atoms with Crippen molar-refractivity contribution in [2.75, 3.05) is 26.2 Å². The fraction of sp³-hybridized carbons (Fsp3) is 1.00. The van der Waals surface area contributed by atoms with E-state index in [1.54, 1.807) is 0 Å². The second kappa shape index (κ2) is 8.50. The Hall–Kier alpha value is -0.120. The molecular formula is C18H36N2O. The van der Waals surface area contributed by atoms with Crippen LogP contribution in [-0.2, 0) is 4.74 Å². The van der Waals surface area contributed by atoms with Gasteiger partial charge in [-0.1, -0.05) is 39.5 Å². The third-order valence-corrected chi connectivity index (χ3v) is 5.65. The number of ether oxygens (including phenoxy) is 1. The molecule has 1 heterocycles. The fourth-order valence-electron chi connectivity index (χ4n) is 4.39. The first-order valence-corrected chi connectivity index (χ1v) is 9.26. The normalized spacial score (nSPS) is 33.3. The Kier molecular flexibility index (Phi) is 6.97. The lowest BCUT2D eigenvalue weighted by molar-refractivity contribution is -0.0725. The number of hydrogen-bond donors (Lipinski definition) is 1. The Labute approximate surface area is 131 Å². The zero-order valence-corrected chi connectivity index (χ0v) is 14.6. The average Bonchev–Trinajstić information content (AvgIpc) is 2.52. The summed E-state index contributed by atoms with van der Waals surface area (Å²) in [6, 6.07) is 1.17. The third kappa shape index (κ3) is 4.43. The van der Waals surface area contributed by atoms with Crippen LogP contribution in [0.5, 0.6) is 0 Å². The second-order valence-electron chi connectivity index (χ2n) is 7.20. The van der Waals surface area contributed by atoms with Gasteiger partial charge >= 0.3 is 0 Å². The van der Waals surface area contributed by atoms with E-state index in [2.05, 4.69) is 37.9 Å². The number of morpholine rings is 1. The van der Waals surface area contributed by atoms with Gasteiger partial charge in [0.25, 0.3) is 0 Å². The molecule has 0 spiro atoms. The summed E-state index contributed by atoms with van der Waals surface area (Å²) in [6.45, 7) is 13.4. The van der Waals surface area contributed by atoms with Crippen molar-refractivity contribution in [1.82, 2.24) is 10.2 Å². The summed E-state index contributed by atoms with van der Waals surface area (Å²) in [5.74, 6) is 1.70. The third-order valence-electron chi connectivity index (χ3n) is 5.65. The lowest BCUT2D eigenvalue weighted by Crippen LogP contribution is -2.57. The first-order chi connectivity index (χ1) is 10.2. The molecule has 1 aliphatic heterocycles. The van der Waals surface area contributed by atoms with Crippen molar-refractivity contribution in [1.29, 1.82) is 0 Å². The van der Waals surface area contributed by atoms with E-state index in [0.29, 0.717) is 18.2 Å². The summed E-state index contributed by atoms with van der Waals surface area (Å²) < 4.78 is 6.21. The van der Waals surface area contributed by atoms with Gasteiger partial charge in [-0.25, -0.2) is 0 Å². The van der Waals surface area contributed by atoms with Crippen molar-refractivity contribution in [2.24, 2.45) is 11.8 Å². The van der Waals surface area contributed by atoms with Crippen LogP contribution in [0.2, 0.25) is 0 Å². The fourth-order valence-corrected chi connectivity index (χ4v) is 4.39. The lowest BCUT2D eigenvalue weighted by Gasteiger charge is -2.45. The minimum absolute atomic E-state index is 0.373. The van der Waals surface area contributed by atoms with Gasteiger partial charge in [0, 0.05) is 25.2 Å². The minimum Gasteiger partial charge on any atom is -0.374 e. The van der Waals surface area contributed by atoms with E-state index in [1.165, 1.54) is 32.1 Å². The topological polar surface area (TPSA) is 24.5 Å². The Balaban J connectivity index is 2.05. The summed E-state index contributed by atoms with van der Waals surface area (Å²) in [6.07, 6.45) is 7.34. The first kappa shape index (κ1) is 17.2. The maximum Gasteiger partial charge on any atom is 0.0858 e. The molecule has 3 heteroatoms. The van der Waals surface area contributed by atoms with Crippen molar-refractivity contribution < 1.29 is 4.74 Å². The van der Waals surface area contributed by atoms with Gasteiger partial charge in [0.05, 0.1) is 12.7 Å². The molecule has 0 bridgehead atoms. The van der Waals surface area contributed by atoms with E-state index in [1.807, 2.05) is 0 Å². The van der Waals surface area contributed by atoms with Gasteiger partial charge in [0.1, 0.15) is 0 Å². The first-order valence-electron chi connectivity index (χ1n) is 9.26. The maximum atomic E-state index is 6.21. The molecule has 0 radical (unpaired) electrons. The Morgan fingerprint density at radius 3 is 2.62 bits per heavy atom. The second-order valence-corrected chi connectivity index (χ2v) is 7.20. The molecule has 0 amide bonds. The number of nitrogens with one attached hydrogen (secondary N) is 1. The predicted molar refractivity (Wildman–Crippen MR) is 89.7 cm³/mol. The predicted octanol–water partition coefficient (Wildman–Crippen LogP) is 3.29. The molecule has 21 heavy (non-hydrogen) atoms. The van der Waals surface area contributed by atoms with E-state index < -0.39 is 0 Å². The highest BCUT2D eigenvalue weighted by molar-refractivity contribution is 4.92. The number of likely N-dealkylation sites (N-methyl/N-ethyl adjacent to an activating group) is 1. The maximum absolute atomic E-state index is 6.21. The van der Waals surface area contributed by atoms with Gasteiger partial charge in [-0.3, -0.25) is 4.90 Å². The lowest BCUT2D eigenvalue weighted by atomic mass is 9.72. The smallest absolute Gasteiger partial charge is 0.0858 e. The van der Waals surface area contributed by atoms with Crippen LogP contribution in [0.15, 0.2) is 0 Å². The van der Waals surface area contributed by atoms with Crippen LogP contribution < -0.4 is 5.32 Å². The molecule has 1 saturated heterocycles. The van der Waals surface area contributed by atoms with E-state index >= 15 is 0 Å². The Morgan fingerprint density at radius 1 is 1.19 bits per heavy atom. The summed E-state index contributed by atoms with van der Waals surface area (Å²) in [5.41, 5.74) is 0. The van der Waals surface area contributed by atoms with Crippen LogP contribution >= 0.6 is 0 Å². The molecule has 4 unspecified atom stereocenters. The molecule has 3 nitrogen and oxygen atoms in total. The zero-order valence-electron chi connectivity index (χ0n) is 14.6. The van der Waals surface area contributed by atoms with Crippen molar-refractivity contribution in [3.63, 3.8) is 0 Å². The molecular weight excluding hydrogens is 260 g/mol. The highest BCUT2D eigenvalue weighted by Gasteiger charge is 2.37. The molecule has 2 fully saturated rings. The molecule has 0 aromatic carbocycles. The molecule has 2 aliphatic rings. The van der Waals surface area contributed by atoms with Crippen LogP contribution in [-0.4, -0.2) is 49.3 Å². The van der Waals surface area contributed by atoms with Crippen LogP contribution in [0, 0.1) is 11.8 Å². The van der Waals surface area contributed by atoms with E-state index in [9.17, 15) is 0 Å². The van der Waals surface area contributed by atoms with Crippen molar-refractivity contribution in [3.8, 4) is 0 Å². The SMILES string of the molecule is CCNC(C1CN(C(C)C)CCO1)C1CCCCC1CC. The van der Waals surface area contributed by atoms with Gasteiger partial charge in [-0.05, 0) is 38.6 Å². The van der Waals surface area contributed by atoms with Crippen LogP contribution in [0.1, 0.15) is 59.8 Å². The Morgan fingerprint density at radius 2 is 1.95 bits per heavy atom. The van der Waals surface area contributed by atoms with E-state index in [-0.39, 0.29) is 0 Å². The van der Waals surface area contributed by atoms with Gasteiger partial charge < -0.3 is 10.1 Å². The molecule has 1 N–H and O–H groups in total. The van der Waals surface area contributed by atoms with Gasteiger partial charge in [-0.2, -0.15) is 0 Å². The van der Waals surface area contributed by atoms with Crippen molar-refractivity contribution >= 4 is 0 Å². The Bertz CT molecular complexity index is 295. The molecule has 2 rings (SSSR count). The molecule has 1 saturated carbocycles. The monoisotopic (exact) mass is 296 g/mol. The highest BCUT2D eigenvalue weighted by Crippen LogP contribution is 2.36. The summed E-state index contributed by atoms with van der Waals surface area (Å²) in [4.78, 5) is 2.59. The number of rotatable bonds is 6. The quantitative estimate of drug-likeness (QED) is 0.814. The van der Waals surface area contributed by atoms with Crippen molar-refractivity contribution in [3.05, 3.63) is 0 Å². The standard InChI is InChI=1S/C18H36N2O/c1-5-15-9-7-8-10-16(15)18(19-6-2)17-13-20(14(3)4)11-12-21-17/h14-19H,5-13H2,1-4H3. The minimum atomic E-state index is 0.373. The van der Waals surface area contributed by atoms with E-state index in [0.717, 1.165) is 38.1 Å². The summed E-state index contributed by atoms with van der Waals surface area (Å²) in [7, 11) is 0. The molecule has 4 atom stereocenters. The number of hydrogen-bond acceptors (Lipinski definition) is 3. The summed E-state index contributed by atoms with van der Waals surface area (Å²) >= 11 is 0. The van der Waals surface area contributed by atoms with Crippen LogP contribution in [0.3, 0.4) is 0 Å². The van der Waals surface area contributed by atoms with E-state index in [4.69, 9.17) is 4.74 Å². The van der Waals surface area contributed by atoms with Gasteiger partial charge in [0.2, 0.25) is 0 Å². The van der Waals surface area contributed by atoms with Gasteiger partial charge in [0.15, 0.2) is 0 Å². The van der Waals surface area contributed by atoms with Crippen molar-refractivity contribution in [2.45, 2.75) is 78.0 Å². The average molecular weight is 296 g/mol. The molecule has 124 valence electrons. The zero-order chi connectivity index (χ0) is 15.2. The van der Waals surface area contributed by atoms with Crippen LogP contribution in [0.25, 0.3) is 0 Å². The highest BCUT2D eigenvalue weighted by atomic mass is 16.5. The molecule has 0 aromatic heterocycles. The molecule has 1 aliphatic carbocycles. The van der Waals surface area contributed by atoms with Gasteiger partial charge in [-0.15, -0.1) is 0 Å². The number of nitrogens with zero attached hydrogens (tertiary/aromatic N) is 1. The van der Waals surface area contributed by atoms with Crippen LogP contribution in [0.4, 0.5) is 0 Å².